The SMILES string of the molecule is O=S1(=O)C=C[C@H](Nc2c3c(nc4c2CCCC4)CCCC3)C1. The third-order valence-electron chi connectivity index (χ3n) is 5.01. The number of rotatable bonds is 2. The van der Waals surface area contributed by atoms with Crippen LogP contribution in [0.15, 0.2) is 11.5 Å². The van der Waals surface area contributed by atoms with Gasteiger partial charge in [-0.25, -0.2) is 8.42 Å². The van der Waals surface area contributed by atoms with E-state index in [9.17, 15) is 8.42 Å². The van der Waals surface area contributed by atoms with Gasteiger partial charge in [-0.2, -0.15) is 0 Å². The molecule has 0 unspecified atom stereocenters. The Labute approximate surface area is 131 Å². The molecule has 1 aliphatic heterocycles. The molecule has 0 aromatic carbocycles. The van der Waals surface area contributed by atoms with Crippen LogP contribution in [-0.4, -0.2) is 25.2 Å². The van der Waals surface area contributed by atoms with Crippen LogP contribution in [0.1, 0.15) is 48.2 Å². The standard InChI is InChI=1S/C17H22N2O2S/c20-22(21)10-9-12(11-22)18-17-13-5-1-3-7-15(13)19-16-8-4-2-6-14(16)17/h9-10,12H,1-8,11H2,(H,18,19)/t12-/m0/s1. The van der Waals surface area contributed by atoms with Crippen LogP contribution >= 0.6 is 0 Å². The average molecular weight is 318 g/mol. The Morgan fingerprint density at radius 2 is 1.55 bits per heavy atom. The van der Waals surface area contributed by atoms with Gasteiger partial charge in [0.15, 0.2) is 9.84 Å². The molecule has 0 saturated carbocycles. The fourth-order valence-corrected chi connectivity index (χ4v) is 5.17. The highest BCUT2D eigenvalue weighted by molar-refractivity contribution is 7.94. The van der Waals surface area contributed by atoms with E-state index in [-0.39, 0.29) is 11.8 Å². The number of pyridine rings is 1. The number of hydrogen-bond donors (Lipinski definition) is 1. The minimum atomic E-state index is -3.02. The number of nitrogens with one attached hydrogen (secondary N) is 1. The van der Waals surface area contributed by atoms with Gasteiger partial charge in [0.1, 0.15) is 0 Å². The predicted octanol–water partition coefficient (Wildman–Crippen LogP) is 2.56. The first-order valence-corrected chi connectivity index (χ1v) is 10.0. The van der Waals surface area contributed by atoms with Crippen LogP contribution in [0.25, 0.3) is 0 Å². The van der Waals surface area contributed by atoms with Crippen molar-refractivity contribution in [3.63, 3.8) is 0 Å². The average Bonchev–Trinajstić information content (AvgIpc) is 2.86. The molecule has 0 fully saturated rings. The summed E-state index contributed by atoms with van der Waals surface area (Å²) in [5, 5.41) is 4.90. The van der Waals surface area contributed by atoms with Crippen molar-refractivity contribution in [3.8, 4) is 0 Å². The van der Waals surface area contributed by atoms with Gasteiger partial charge in [-0.1, -0.05) is 6.08 Å². The van der Waals surface area contributed by atoms with Crippen molar-refractivity contribution in [1.29, 1.82) is 0 Å². The molecule has 2 aliphatic carbocycles. The van der Waals surface area contributed by atoms with Crippen molar-refractivity contribution >= 4 is 15.5 Å². The van der Waals surface area contributed by atoms with Crippen LogP contribution in [-0.2, 0) is 35.5 Å². The van der Waals surface area contributed by atoms with Gasteiger partial charge in [0, 0.05) is 22.5 Å². The van der Waals surface area contributed by atoms with E-state index in [4.69, 9.17) is 4.98 Å². The Morgan fingerprint density at radius 1 is 0.955 bits per heavy atom. The molecule has 118 valence electrons. The first-order valence-electron chi connectivity index (χ1n) is 8.33. The fraction of sp³-hybridized carbons (Fsp3) is 0.588. The van der Waals surface area contributed by atoms with Gasteiger partial charge in [0.05, 0.1) is 11.8 Å². The second-order valence-electron chi connectivity index (χ2n) is 6.66. The minimum absolute atomic E-state index is 0.0931. The van der Waals surface area contributed by atoms with Crippen LogP contribution in [0.2, 0.25) is 0 Å². The third kappa shape index (κ3) is 2.56. The minimum Gasteiger partial charge on any atom is -0.377 e. The zero-order chi connectivity index (χ0) is 15.2. The number of aromatic nitrogens is 1. The van der Waals surface area contributed by atoms with Gasteiger partial charge in [-0.15, -0.1) is 0 Å². The van der Waals surface area contributed by atoms with Crippen molar-refractivity contribution < 1.29 is 8.42 Å². The smallest absolute Gasteiger partial charge is 0.173 e. The Balaban J connectivity index is 1.75. The summed E-state index contributed by atoms with van der Waals surface area (Å²) in [6.45, 7) is 0. The Bertz CT molecular complexity index is 703. The maximum atomic E-state index is 11.7. The predicted molar refractivity (Wildman–Crippen MR) is 87.9 cm³/mol. The number of fused-ring (bicyclic) bond motifs is 2. The first kappa shape index (κ1) is 14.2. The van der Waals surface area contributed by atoms with E-state index < -0.39 is 9.84 Å². The number of sulfone groups is 1. The van der Waals surface area contributed by atoms with Crippen LogP contribution < -0.4 is 5.32 Å². The number of anilines is 1. The molecule has 0 radical (unpaired) electrons. The molecule has 22 heavy (non-hydrogen) atoms. The summed E-state index contributed by atoms with van der Waals surface area (Å²) >= 11 is 0. The number of nitrogens with zero attached hydrogens (tertiary/aromatic N) is 1. The van der Waals surface area contributed by atoms with Crippen LogP contribution in [0.3, 0.4) is 0 Å². The molecular formula is C17H22N2O2S. The highest BCUT2D eigenvalue weighted by Crippen LogP contribution is 2.36. The molecule has 5 heteroatoms. The van der Waals surface area contributed by atoms with Crippen LogP contribution in [0.4, 0.5) is 5.69 Å². The van der Waals surface area contributed by atoms with Crippen molar-refractivity contribution in [3.05, 3.63) is 34.0 Å². The summed E-state index contributed by atoms with van der Waals surface area (Å²) in [5.74, 6) is 0.179. The second-order valence-corrected chi connectivity index (χ2v) is 8.59. The van der Waals surface area contributed by atoms with Gasteiger partial charge in [-0.3, -0.25) is 4.98 Å². The summed E-state index contributed by atoms with van der Waals surface area (Å²) in [7, 11) is -3.02. The van der Waals surface area contributed by atoms with E-state index in [1.807, 2.05) is 0 Å². The molecule has 3 aliphatic rings. The lowest BCUT2D eigenvalue weighted by Gasteiger charge is -2.28. The zero-order valence-electron chi connectivity index (χ0n) is 12.8. The summed E-state index contributed by atoms with van der Waals surface area (Å²) in [6.07, 6.45) is 10.9. The Hall–Kier alpha value is -1.36. The molecule has 2 heterocycles. The lowest BCUT2D eigenvalue weighted by atomic mass is 9.87. The maximum absolute atomic E-state index is 11.7. The van der Waals surface area contributed by atoms with E-state index >= 15 is 0 Å². The highest BCUT2D eigenvalue weighted by atomic mass is 32.2. The van der Waals surface area contributed by atoms with Crippen LogP contribution in [0, 0.1) is 0 Å². The molecule has 1 aromatic heterocycles. The van der Waals surface area contributed by atoms with Crippen molar-refractivity contribution in [2.45, 2.75) is 57.4 Å². The molecule has 0 bridgehead atoms. The van der Waals surface area contributed by atoms with Crippen molar-refractivity contribution in [2.24, 2.45) is 0 Å². The van der Waals surface area contributed by atoms with E-state index in [2.05, 4.69) is 5.32 Å². The second kappa shape index (κ2) is 5.37. The summed E-state index contributed by atoms with van der Waals surface area (Å²) < 4.78 is 23.3. The van der Waals surface area contributed by atoms with E-state index in [1.54, 1.807) is 6.08 Å². The summed E-state index contributed by atoms with van der Waals surface area (Å²) in [5.41, 5.74) is 6.42. The van der Waals surface area contributed by atoms with Crippen LogP contribution in [0.5, 0.6) is 0 Å². The molecule has 1 aromatic rings. The molecule has 0 amide bonds. The highest BCUT2D eigenvalue weighted by Gasteiger charge is 2.27. The van der Waals surface area contributed by atoms with Crippen molar-refractivity contribution in [1.82, 2.24) is 4.98 Å². The van der Waals surface area contributed by atoms with E-state index in [0.717, 1.165) is 25.7 Å². The Kier molecular flexibility index (Phi) is 3.48. The van der Waals surface area contributed by atoms with Gasteiger partial charge >= 0.3 is 0 Å². The zero-order valence-corrected chi connectivity index (χ0v) is 13.6. The molecule has 1 atom stereocenters. The molecule has 1 N–H and O–H groups in total. The van der Waals surface area contributed by atoms with Gasteiger partial charge in [0.25, 0.3) is 0 Å². The van der Waals surface area contributed by atoms with Gasteiger partial charge in [0.2, 0.25) is 0 Å². The molecule has 4 nitrogen and oxygen atoms in total. The first-order chi connectivity index (χ1) is 10.6. The van der Waals surface area contributed by atoms with Gasteiger partial charge in [-0.05, 0) is 62.5 Å². The Morgan fingerprint density at radius 3 is 2.09 bits per heavy atom. The lowest BCUT2D eigenvalue weighted by molar-refractivity contribution is 0.605. The molecule has 0 saturated heterocycles. The summed E-state index contributed by atoms with van der Waals surface area (Å²) in [4.78, 5) is 4.94. The molecule has 4 rings (SSSR count). The number of aryl methyl sites for hydroxylation is 2. The fourth-order valence-electron chi connectivity index (χ4n) is 3.93. The normalized spacial score (nSPS) is 25.5. The van der Waals surface area contributed by atoms with Gasteiger partial charge < -0.3 is 5.32 Å². The third-order valence-corrected chi connectivity index (χ3v) is 6.41. The van der Waals surface area contributed by atoms with E-state index in [1.165, 1.54) is 59.3 Å². The maximum Gasteiger partial charge on any atom is 0.173 e. The summed E-state index contributed by atoms with van der Waals surface area (Å²) in [6, 6.07) is -0.0931. The molecular weight excluding hydrogens is 296 g/mol. The topological polar surface area (TPSA) is 59.1 Å². The largest absolute Gasteiger partial charge is 0.377 e. The monoisotopic (exact) mass is 318 g/mol. The van der Waals surface area contributed by atoms with Crippen molar-refractivity contribution in [2.75, 3.05) is 11.1 Å². The number of hydrogen-bond acceptors (Lipinski definition) is 4. The quantitative estimate of drug-likeness (QED) is 0.910. The van der Waals surface area contributed by atoms with E-state index in [0.29, 0.717) is 0 Å². The molecule has 0 spiro atoms. The lowest BCUT2D eigenvalue weighted by Crippen LogP contribution is -2.25.